The molecule has 2 N–H and O–H groups in total. The summed E-state index contributed by atoms with van der Waals surface area (Å²) in [7, 11) is 0. The van der Waals surface area contributed by atoms with Gasteiger partial charge in [-0.2, -0.15) is 0 Å². The van der Waals surface area contributed by atoms with Gasteiger partial charge in [-0.15, -0.1) is 0 Å². The minimum atomic E-state index is 0.713. The Kier molecular flexibility index (Phi) is 2.20. The third-order valence-electron chi connectivity index (χ3n) is 2.50. The van der Waals surface area contributed by atoms with E-state index < -0.39 is 0 Å². The van der Waals surface area contributed by atoms with Crippen LogP contribution in [0.4, 0.5) is 22.7 Å². The van der Waals surface area contributed by atoms with Gasteiger partial charge < -0.3 is 10.6 Å². The highest BCUT2D eigenvalue weighted by Crippen LogP contribution is 2.40. The Bertz CT molecular complexity index is 515. The van der Waals surface area contributed by atoms with Crippen LogP contribution in [0.3, 0.4) is 0 Å². The lowest BCUT2D eigenvalue weighted by atomic mass is 10.1. The molecule has 0 radical (unpaired) electrons. The molecular formula is C12H8Cl2N2. The first kappa shape index (κ1) is 9.82. The molecule has 2 aromatic rings. The fourth-order valence-corrected chi connectivity index (χ4v) is 2.09. The molecule has 4 heteroatoms. The molecule has 0 amide bonds. The predicted octanol–water partition coefficient (Wildman–Crippen LogP) is 4.79. The molecular weight excluding hydrogens is 243 g/mol. The van der Waals surface area contributed by atoms with Gasteiger partial charge in [0, 0.05) is 10.0 Å². The average Bonchev–Trinajstić information content (AvgIpc) is 2.26. The van der Waals surface area contributed by atoms with Crippen LogP contribution in [0.25, 0.3) is 0 Å². The van der Waals surface area contributed by atoms with E-state index in [1.54, 1.807) is 0 Å². The number of halogens is 2. The van der Waals surface area contributed by atoms with Gasteiger partial charge in [-0.3, -0.25) is 0 Å². The number of rotatable bonds is 0. The van der Waals surface area contributed by atoms with E-state index in [2.05, 4.69) is 10.6 Å². The molecule has 2 nitrogen and oxygen atoms in total. The minimum Gasteiger partial charge on any atom is -0.352 e. The largest absolute Gasteiger partial charge is 0.352 e. The third kappa shape index (κ3) is 1.60. The van der Waals surface area contributed by atoms with Gasteiger partial charge in [0.15, 0.2) is 0 Å². The highest BCUT2D eigenvalue weighted by molar-refractivity contribution is 6.31. The van der Waals surface area contributed by atoms with E-state index in [-0.39, 0.29) is 0 Å². The molecule has 1 aliphatic rings. The Morgan fingerprint density at radius 2 is 1.06 bits per heavy atom. The van der Waals surface area contributed by atoms with Crippen molar-refractivity contribution in [2.75, 3.05) is 10.6 Å². The van der Waals surface area contributed by atoms with Crippen molar-refractivity contribution in [1.29, 1.82) is 0 Å². The number of hydrogen-bond donors (Lipinski definition) is 2. The molecule has 0 aliphatic carbocycles. The van der Waals surface area contributed by atoms with E-state index in [0.29, 0.717) is 10.0 Å². The number of anilines is 4. The summed E-state index contributed by atoms with van der Waals surface area (Å²) >= 11 is 11.9. The number of hydrogen-bond acceptors (Lipinski definition) is 2. The molecule has 16 heavy (non-hydrogen) atoms. The molecule has 1 heterocycles. The maximum atomic E-state index is 5.94. The lowest BCUT2D eigenvalue weighted by Crippen LogP contribution is -2.05. The van der Waals surface area contributed by atoms with Gasteiger partial charge >= 0.3 is 0 Å². The summed E-state index contributed by atoms with van der Waals surface area (Å²) in [5, 5.41) is 8.03. The highest BCUT2D eigenvalue weighted by Gasteiger charge is 2.14. The smallest absolute Gasteiger partial charge is 0.0639 e. The first-order chi connectivity index (χ1) is 7.72. The molecule has 0 unspecified atom stereocenters. The normalized spacial score (nSPS) is 12.1. The van der Waals surface area contributed by atoms with Crippen molar-refractivity contribution in [1.82, 2.24) is 0 Å². The van der Waals surface area contributed by atoms with Gasteiger partial charge in [0.25, 0.3) is 0 Å². The summed E-state index contributed by atoms with van der Waals surface area (Å²) in [5.74, 6) is 0. The van der Waals surface area contributed by atoms with Crippen molar-refractivity contribution < 1.29 is 0 Å². The lowest BCUT2D eigenvalue weighted by Gasteiger charge is -2.23. The number of benzene rings is 2. The maximum Gasteiger partial charge on any atom is 0.0639 e. The summed E-state index contributed by atoms with van der Waals surface area (Å²) in [6.07, 6.45) is 0. The fraction of sp³-hybridized carbons (Fsp3) is 0. The standard InChI is InChI=1S/C12H8Cl2N2/c13-7-1-3-9-11(5-7)16-10-4-2-8(14)6-12(10)15-9/h1-6,15-16H. The van der Waals surface area contributed by atoms with E-state index in [1.165, 1.54) is 0 Å². The minimum absolute atomic E-state index is 0.713. The van der Waals surface area contributed by atoms with E-state index >= 15 is 0 Å². The van der Waals surface area contributed by atoms with Gasteiger partial charge in [-0.1, -0.05) is 23.2 Å². The van der Waals surface area contributed by atoms with Crippen LogP contribution < -0.4 is 10.6 Å². The summed E-state index contributed by atoms with van der Waals surface area (Å²) in [6.45, 7) is 0. The molecule has 0 atom stereocenters. The van der Waals surface area contributed by atoms with Crippen LogP contribution in [0.2, 0.25) is 10.0 Å². The molecule has 2 aromatic carbocycles. The van der Waals surface area contributed by atoms with E-state index in [1.807, 2.05) is 36.4 Å². The second-order valence-corrected chi connectivity index (χ2v) is 4.50. The zero-order valence-electron chi connectivity index (χ0n) is 8.22. The Morgan fingerprint density at radius 3 is 1.50 bits per heavy atom. The Hall–Kier alpha value is -1.38. The molecule has 0 spiro atoms. The van der Waals surface area contributed by atoms with E-state index in [9.17, 15) is 0 Å². The third-order valence-corrected chi connectivity index (χ3v) is 2.97. The molecule has 0 saturated carbocycles. The zero-order chi connectivity index (χ0) is 11.1. The summed E-state index contributed by atoms with van der Waals surface area (Å²) < 4.78 is 0. The van der Waals surface area contributed by atoms with Gasteiger partial charge in [0.1, 0.15) is 0 Å². The lowest BCUT2D eigenvalue weighted by molar-refractivity contribution is 1.45. The van der Waals surface area contributed by atoms with Crippen molar-refractivity contribution in [2.24, 2.45) is 0 Å². The molecule has 0 saturated heterocycles. The van der Waals surface area contributed by atoms with Crippen LogP contribution in [0.1, 0.15) is 0 Å². The molecule has 80 valence electrons. The predicted molar refractivity (Wildman–Crippen MR) is 69.5 cm³/mol. The van der Waals surface area contributed by atoms with Gasteiger partial charge in [-0.05, 0) is 36.4 Å². The van der Waals surface area contributed by atoms with E-state index in [4.69, 9.17) is 23.2 Å². The summed E-state index contributed by atoms with van der Waals surface area (Å²) in [5.41, 5.74) is 3.95. The van der Waals surface area contributed by atoms with E-state index in [0.717, 1.165) is 22.7 Å². The van der Waals surface area contributed by atoms with Crippen LogP contribution in [0.5, 0.6) is 0 Å². The first-order valence-electron chi connectivity index (χ1n) is 4.85. The SMILES string of the molecule is Clc1ccc2c(c1)Nc1ccc(Cl)cc1N2. The summed E-state index contributed by atoms with van der Waals surface area (Å²) in [6, 6.07) is 11.4. The van der Waals surface area contributed by atoms with Crippen molar-refractivity contribution in [3.63, 3.8) is 0 Å². The van der Waals surface area contributed by atoms with Crippen molar-refractivity contribution in [3.8, 4) is 0 Å². The van der Waals surface area contributed by atoms with Crippen LogP contribution in [0, 0.1) is 0 Å². The molecule has 3 rings (SSSR count). The zero-order valence-corrected chi connectivity index (χ0v) is 9.73. The topological polar surface area (TPSA) is 24.1 Å². The number of nitrogens with one attached hydrogen (secondary N) is 2. The average molecular weight is 251 g/mol. The Labute approximate surface area is 103 Å². The monoisotopic (exact) mass is 250 g/mol. The number of fused-ring (bicyclic) bond motifs is 2. The first-order valence-corrected chi connectivity index (χ1v) is 5.61. The quantitative estimate of drug-likeness (QED) is 0.600. The summed E-state index contributed by atoms with van der Waals surface area (Å²) in [4.78, 5) is 0. The Morgan fingerprint density at radius 1 is 0.625 bits per heavy atom. The fourth-order valence-electron chi connectivity index (χ4n) is 1.75. The molecule has 0 aromatic heterocycles. The van der Waals surface area contributed by atoms with Crippen LogP contribution >= 0.6 is 23.2 Å². The van der Waals surface area contributed by atoms with Gasteiger partial charge in [0.2, 0.25) is 0 Å². The van der Waals surface area contributed by atoms with Crippen LogP contribution in [-0.4, -0.2) is 0 Å². The molecule has 1 aliphatic heterocycles. The van der Waals surface area contributed by atoms with Gasteiger partial charge in [-0.25, -0.2) is 0 Å². The van der Waals surface area contributed by atoms with Crippen molar-refractivity contribution in [3.05, 3.63) is 46.4 Å². The van der Waals surface area contributed by atoms with Crippen molar-refractivity contribution in [2.45, 2.75) is 0 Å². The second kappa shape index (κ2) is 3.58. The van der Waals surface area contributed by atoms with Crippen LogP contribution in [-0.2, 0) is 0 Å². The maximum absolute atomic E-state index is 5.94. The highest BCUT2D eigenvalue weighted by atomic mass is 35.5. The van der Waals surface area contributed by atoms with Crippen molar-refractivity contribution >= 4 is 46.0 Å². The molecule has 0 bridgehead atoms. The molecule has 0 fully saturated rings. The Balaban J connectivity index is 2.09. The van der Waals surface area contributed by atoms with Crippen LogP contribution in [0.15, 0.2) is 36.4 Å². The van der Waals surface area contributed by atoms with Gasteiger partial charge in [0.05, 0.1) is 22.7 Å². The second-order valence-electron chi connectivity index (χ2n) is 3.63.